The van der Waals surface area contributed by atoms with E-state index in [1.807, 2.05) is 0 Å². The summed E-state index contributed by atoms with van der Waals surface area (Å²) in [5, 5.41) is 9.43. The van der Waals surface area contributed by atoms with Gasteiger partial charge in [0.1, 0.15) is 12.0 Å². The highest BCUT2D eigenvalue weighted by Crippen LogP contribution is 2.28. The fourth-order valence-corrected chi connectivity index (χ4v) is 1.63. The highest BCUT2D eigenvalue weighted by molar-refractivity contribution is 5.85. The number of benzene rings is 1. The number of hydrogen-bond donors (Lipinski definition) is 2. The third-order valence-electron chi connectivity index (χ3n) is 2.56. The lowest BCUT2D eigenvalue weighted by Crippen LogP contribution is -2.48. The molecule has 3 nitrogen and oxygen atoms in total. The summed E-state index contributed by atoms with van der Waals surface area (Å²) in [5.74, 6) is -0.295. The normalized spacial score (nSPS) is 19.4. The van der Waals surface area contributed by atoms with Crippen LogP contribution >= 0.6 is 12.4 Å². The number of aliphatic hydroxyl groups excluding tert-OH is 1. The minimum atomic E-state index is -0.484. The van der Waals surface area contributed by atoms with Crippen LogP contribution in [0.4, 0.5) is 10.1 Å². The lowest BCUT2D eigenvalue weighted by molar-refractivity contribution is 0.113. The average molecular weight is 233 g/mol. The minimum absolute atomic E-state index is 0. The Morgan fingerprint density at radius 3 is 2.73 bits per heavy atom. The van der Waals surface area contributed by atoms with Crippen LogP contribution in [0.15, 0.2) is 18.2 Å². The molecule has 1 aromatic carbocycles. The van der Waals surface area contributed by atoms with Crippen molar-refractivity contribution in [2.75, 3.05) is 11.4 Å². The summed E-state index contributed by atoms with van der Waals surface area (Å²) >= 11 is 0. The number of anilines is 1. The van der Waals surface area contributed by atoms with Crippen molar-refractivity contribution in [2.45, 2.75) is 19.2 Å². The molecule has 1 aromatic rings. The molecule has 0 aromatic heterocycles. The first-order chi connectivity index (χ1) is 6.72. The van der Waals surface area contributed by atoms with Gasteiger partial charge in [0.15, 0.2) is 0 Å². The zero-order valence-corrected chi connectivity index (χ0v) is 9.01. The minimum Gasteiger partial charge on any atom is -0.374 e. The molecule has 1 aliphatic rings. The molecule has 5 heteroatoms. The van der Waals surface area contributed by atoms with E-state index in [0.717, 1.165) is 18.5 Å². The zero-order chi connectivity index (χ0) is 10.1. The third kappa shape index (κ3) is 2.22. The molecule has 0 aliphatic carbocycles. The third-order valence-corrected chi connectivity index (χ3v) is 2.56. The number of rotatable bonds is 2. The Labute approximate surface area is 94.1 Å². The van der Waals surface area contributed by atoms with E-state index in [0.29, 0.717) is 12.2 Å². The topological polar surface area (TPSA) is 49.5 Å². The Hall–Kier alpha value is -0.840. The van der Waals surface area contributed by atoms with Crippen LogP contribution in [-0.4, -0.2) is 17.9 Å². The summed E-state index contributed by atoms with van der Waals surface area (Å²) in [6.45, 7) is 1.12. The summed E-state index contributed by atoms with van der Waals surface area (Å²) in [4.78, 5) is 1.76. The Morgan fingerprint density at radius 2 is 2.27 bits per heavy atom. The predicted octanol–water partition coefficient (Wildman–Crippen LogP) is 1.23. The molecule has 0 spiro atoms. The fraction of sp³-hybridized carbons (Fsp3) is 0.400. The van der Waals surface area contributed by atoms with Crippen LogP contribution in [0.5, 0.6) is 0 Å². The van der Waals surface area contributed by atoms with E-state index in [4.69, 9.17) is 5.73 Å². The van der Waals surface area contributed by atoms with E-state index in [1.54, 1.807) is 11.0 Å². The molecule has 2 rings (SSSR count). The predicted molar refractivity (Wildman–Crippen MR) is 59.5 cm³/mol. The molecule has 1 heterocycles. The van der Waals surface area contributed by atoms with Gasteiger partial charge in [0.25, 0.3) is 0 Å². The van der Waals surface area contributed by atoms with Gasteiger partial charge in [-0.1, -0.05) is 6.07 Å². The molecule has 3 N–H and O–H groups in total. The zero-order valence-electron chi connectivity index (χ0n) is 8.19. The van der Waals surface area contributed by atoms with Crippen molar-refractivity contribution >= 4 is 18.1 Å². The number of aliphatic hydroxyl groups is 1. The van der Waals surface area contributed by atoms with Crippen LogP contribution in [-0.2, 0) is 6.54 Å². The van der Waals surface area contributed by atoms with Gasteiger partial charge in [-0.3, -0.25) is 0 Å². The van der Waals surface area contributed by atoms with Crippen LogP contribution in [0.2, 0.25) is 0 Å². The van der Waals surface area contributed by atoms with Crippen molar-refractivity contribution in [2.24, 2.45) is 5.73 Å². The van der Waals surface area contributed by atoms with Crippen molar-refractivity contribution < 1.29 is 9.50 Å². The first kappa shape index (κ1) is 12.2. The fourth-order valence-electron chi connectivity index (χ4n) is 1.63. The number of nitrogens with zero attached hydrogens (tertiary/aromatic N) is 1. The van der Waals surface area contributed by atoms with Crippen molar-refractivity contribution in [3.8, 4) is 0 Å². The molecular formula is C10H14ClFN2O. The number of nitrogens with two attached hydrogens (primary N) is 1. The Balaban J connectivity index is 0.00000112. The molecule has 0 amide bonds. The van der Waals surface area contributed by atoms with Gasteiger partial charge >= 0.3 is 0 Å². The number of halogens is 2. The smallest absolute Gasteiger partial charge is 0.128 e. The van der Waals surface area contributed by atoms with E-state index in [1.165, 1.54) is 12.1 Å². The van der Waals surface area contributed by atoms with E-state index in [9.17, 15) is 9.50 Å². The molecule has 0 bridgehead atoms. The first-order valence-corrected chi connectivity index (χ1v) is 4.65. The molecule has 0 radical (unpaired) electrons. The van der Waals surface area contributed by atoms with Crippen LogP contribution in [0.25, 0.3) is 0 Å². The van der Waals surface area contributed by atoms with Crippen molar-refractivity contribution in [3.05, 3.63) is 29.6 Å². The largest absolute Gasteiger partial charge is 0.374 e. The molecule has 1 fully saturated rings. The van der Waals surface area contributed by atoms with Crippen LogP contribution < -0.4 is 10.6 Å². The van der Waals surface area contributed by atoms with Gasteiger partial charge in [-0.25, -0.2) is 4.39 Å². The SMILES string of the molecule is Cl.NCc1ccc(F)cc1N1CCC1O. The van der Waals surface area contributed by atoms with Gasteiger partial charge in [-0.05, 0) is 17.7 Å². The van der Waals surface area contributed by atoms with Gasteiger partial charge in [-0.2, -0.15) is 0 Å². The maximum atomic E-state index is 13.0. The molecule has 1 saturated heterocycles. The Kier molecular flexibility index (Phi) is 3.90. The molecule has 1 unspecified atom stereocenters. The van der Waals surface area contributed by atoms with Crippen molar-refractivity contribution in [1.29, 1.82) is 0 Å². The molecule has 0 saturated carbocycles. The van der Waals surface area contributed by atoms with Gasteiger partial charge < -0.3 is 15.7 Å². The quantitative estimate of drug-likeness (QED) is 0.807. The van der Waals surface area contributed by atoms with Gasteiger partial charge in [0, 0.05) is 25.2 Å². The second kappa shape index (κ2) is 4.79. The molecular weight excluding hydrogens is 219 g/mol. The van der Waals surface area contributed by atoms with Gasteiger partial charge in [0.05, 0.1) is 0 Å². The van der Waals surface area contributed by atoms with Crippen molar-refractivity contribution in [3.63, 3.8) is 0 Å². The maximum absolute atomic E-state index is 13.0. The van der Waals surface area contributed by atoms with Crippen LogP contribution in [0, 0.1) is 5.82 Å². The summed E-state index contributed by atoms with van der Waals surface area (Å²) in [5.41, 5.74) is 7.11. The van der Waals surface area contributed by atoms with Crippen LogP contribution in [0.3, 0.4) is 0 Å². The van der Waals surface area contributed by atoms with E-state index < -0.39 is 6.23 Å². The van der Waals surface area contributed by atoms with E-state index in [2.05, 4.69) is 0 Å². The lowest BCUT2D eigenvalue weighted by atomic mass is 10.1. The highest BCUT2D eigenvalue weighted by atomic mass is 35.5. The van der Waals surface area contributed by atoms with E-state index in [-0.39, 0.29) is 18.2 Å². The highest BCUT2D eigenvalue weighted by Gasteiger charge is 2.27. The molecule has 1 aliphatic heterocycles. The van der Waals surface area contributed by atoms with Crippen molar-refractivity contribution in [1.82, 2.24) is 0 Å². The van der Waals surface area contributed by atoms with Crippen LogP contribution in [0.1, 0.15) is 12.0 Å². The maximum Gasteiger partial charge on any atom is 0.128 e. The molecule has 84 valence electrons. The van der Waals surface area contributed by atoms with Gasteiger partial charge in [0.2, 0.25) is 0 Å². The summed E-state index contributed by atoms with van der Waals surface area (Å²) in [6, 6.07) is 4.47. The van der Waals surface area contributed by atoms with Gasteiger partial charge in [-0.15, -0.1) is 12.4 Å². The second-order valence-electron chi connectivity index (χ2n) is 3.44. The number of hydrogen-bond acceptors (Lipinski definition) is 3. The summed E-state index contributed by atoms with van der Waals surface area (Å²) < 4.78 is 13.0. The summed E-state index contributed by atoms with van der Waals surface area (Å²) in [7, 11) is 0. The standard InChI is InChI=1S/C10H13FN2O.ClH/c11-8-2-1-7(6-12)9(5-8)13-4-3-10(13)14;/h1-2,5,10,14H,3-4,6,12H2;1H. The van der Waals surface area contributed by atoms with E-state index >= 15 is 0 Å². The lowest BCUT2D eigenvalue weighted by Gasteiger charge is -2.40. The average Bonchev–Trinajstić information content (AvgIpc) is 2.16. The Morgan fingerprint density at radius 1 is 1.53 bits per heavy atom. The monoisotopic (exact) mass is 232 g/mol. The second-order valence-corrected chi connectivity index (χ2v) is 3.44. The molecule has 1 atom stereocenters. The first-order valence-electron chi connectivity index (χ1n) is 4.65. The Bertz CT molecular complexity index is 348. The summed E-state index contributed by atoms with van der Waals surface area (Å²) in [6.07, 6.45) is 0.252. The molecule has 15 heavy (non-hydrogen) atoms.